The third-order valence-electron chi connectivity index (χ3n) is 15.0. The minimum atomic E-state index is -1.54. The number of allylic oxidation sites excluding steroid dienone is 6. The Balaban J connectivity index is 2.10. The third-order valence-corrected chi connectivity index (χ3v) is 15.0. The van der Waals surface area contributed by atoms with Crippen LogP contribution in [0.1, 0.15) is 309 Å². The van der Waals surface area contributed by atoms with Gasteiger partial charge in [-0.25, -0.2) is 0 Å². The van der Waals surface area contributed by atoms with Crippen molar-refractivity contribution in [2.24, 2.45) is 0 Å². The first-order valence-electron chi connectivity index (χ1n) is 32.1. The number of hydrogen-bond donors (Lipinski definition) is 4. The quantitative estimate of drug-likeness (QED) is 0.0267. The van der Waals surface area contributed by atoms with Crippen LogP contribution >= 0.6 is 0 Å². The number of carbonyl (C=O) groups is 1. The van der Waals surface area contributed by atoms with Crippen molar-refractivity contribution in [1.29, 1.82) is 0 Å². The lowest BCUT2D eigenvalue weighted by atomic mass is 9.99. The van der Waals surface area contributed by atoms with E-state index >= 15 is 0 Å². The van der Waals surface area contributed by atoms with Gasteiger partial charge in [0.2, 0.25) is 0 Å². The first-order valence-corrected chi connectivity index (χ1v) is 32.1. The Hall–Kier alpha value is -1.59. The van der Waals surface area contributed by atoms with Crippen LogP contribution in [0.15, 0.2) is 36.5 Å². The normalized spacial score (nSPS) is 18.7. The highest BCUT2D eigenvalue weighted by atomic mass is 16.7. The summed E-state index contributed by atoms with van der Waals surface area (Å²) in [5.74, 6) is -0.308. The zero-order valence-corrected chi connectivity index (χ0v) is 48.6. The first-order chi connectivity index (χ1) is 36.4. The molecular formula is C65H122O9. The highest BCUT2D eigenvalue weighted by Crippen LogP contribution is 2.23. The number of hydrogen-bond acceptors (Lipinski definition) is 9. The van der Waals surface area contributed by atoms with Crippen LogP contribution in [0.25, 0.3) is 0 Å². The molecular weight excluding hydrogens is 925 g/mol. The molecule has 0 amide bonds. The Morgan fingerprint density at radius 1 is 0.432 bits per heavy atom. The van der Waals surface area contributed by atoms with Crippen molar-refractivity contribution in [2.45, 2.75) is 346 Å². The number of esters is 1. The number of carbonyl (C=O) groups excluding carboxylic acids is 1. The maximum atomic E-state index is 12.9. The molecule has 0 aliphatic carbocycles. The van der Waals surface area contributed by atoms with Crippen molar-refractivity contribution >= 4 is 5.97 Å². The van der Waals surface area contributed by atoms with Gasteiger partial charge in [-0.05, 0) is 70.6 Å². The average molecular weight is 1050 g/mol. The van der Waals surface area contributed by atoms with Crippen LogP contribution in [-0.4, -0.2) is 89.6 Å². The lowest BCUT2D eigenvalue weighted by Crippen LogP contribution is -2.59. The summed E-state index contributed by atoms with van der Waals surface area (Å²) in [5, 5.41) is 40.4. The topological polar surface area (TPSA) is 135 Å². The van der Waals surface area contributed by atoms with Crippen molar-refractivity contribution in [2.75, 3.05) is 26.4 Å². The molecule has 4 N–H and O–H groups in total. The van der Waals surface area contributed by atoms with E-state index in [0.29, 0.717) is 13.0 Å². The summed E-state index contributed by atoms with van der Waals surface area (Å²) in [7, 11) is 0. The molecule has 9 nitrogen and oxygen atoms in total. The molecule has 6 unspecified atom stereocenters. The molecule has 9 heteroatoms. The van der Waals surface area contributed by atoms with Crippen LogP contribution in [0, 0.1) is 0 Å². The van der Waals surface area contributed by atoms with Gasteiger partial charge in [0.05, 0.1) is 19.8 Å². The van der Waals surface area contributed by atoms with Gasteiger partial charge in [-0.2, -0.15) is 0 Å². The highest BCUT2D eigenvalue weighted by Gasteiger charge is 2.44. The predicted octanol–water partition coefficient (Wildman–Crippen LogP) is 17.4. The van der Waals surface area contributed by atoms with Gasteiger partial charge in [-0.1, -0.05) is 269 Å². The minimum absolute atomic E-state index is 0.110. The van der Waals surface area contributed by atoms with E-state index in [1.807, 2.05) is 0 Å². The number of ether oxygens (including phenoxy) is 4. The summed E-state index contributed by atoms with van der Waals surface area (Å²) >= 11 is 0. The second-order valence-electron chi connectivity index (χ2n) is 22.2. The van der Waals surface area contributed by atoms with E-state index in [2.05, 4.69) is 50.3 Å². The fourth-order valence-electron chi connectivity index (χ4n) is 10.1. The number of aliphatic hydroxyl groups is 4. The van der Waals surface area contributed by atoms with E-state index in [9.17, 15) is 25.2 Å². The monoisotopic (exact) mass is 1050 g/mol. The number of aliphatic hydroxyl groups excluding tert-OH is 4. The molecule has 0 aromatic carbocycles. The van der Waals surface area contributed by atoms with Crippen LogP contribution in [0.4, 0.5) is 0 Å². The summed E-state index contributed by atoms with van der Waals surface area (Å²) in [6.07, 6.45) is 65.0. The van der Waals surface area contributed by atoms with Crippen molar-refractivity contribution in [3.63, 3.8) is 0 Å². The van der Waals surface area contributed by atoms with E-state index < -0.39 is 43.4 Å². The molecule has 436 valence electrons. The fraction of sp³-hybridized carbons (Fsp3) is 0.892. The van der Waals surface area contributed by atoms with E-state index in [-0.39, 0.29) is 19.2 Å². The zero-order valence-electron chi connectivity index (χ0n) is 48.6. The Morgan fingerprint density at radius 2 is 0.784 bits per heavy atom. The molecule has 0 bridgehead atoms. The highest BCUT2D eigenvalue weighted by molar-refractivity contribution is 5.69. The van der Waals surface area contributed by atoms with Gasteiger partial charge in [0.25, 0.3) is 0 Å². The van der Waals surface area contributed by atoms with Gasteiger partial charge < -0.3 is 39.4 Å². The Bertz CT molecular complexity index is 1240. The molecule has 6 atom stereocenters. The fourth-order valence-corrected chi connectivity index (χ4v) is 10.1. The molecule has 0 aromatic heterocycles. The number of unbranched alkanes of at least 4 members (excludes halogenated alkanes) is 40. The van der Waals surface area contributed by atoms with Gasteiger partial charge in [-0.3, -0.25) is 4.79 Å². The summed E-state index contributed by atoms with van der Waals surface area (Å²) in [6.45, 7) is 4.61. The molecule has 0 aromatic rings. The Morgan fingerprint density at radius 3 is 1.18 bits per heavy atom. The van der Waals surface area contributed by atoms with E-state index in [1.54, 1.807) is 0 Å². The smallest absolute Gasteiger partial charge is 0.306 e. The SMILES string of the molecule is CCCCCCC/C=C\C/C=C\CCCCCCCCCCCCCCCC(=O)OC(COCCCCCCCCCCCCCCCC/C=C\CCCCCCCCCC)COC1OC(CO)C(O)C(O)C1O. The molecule has 0 saturated carbocycles. The molecule has 1 aliphatic heterocycles. The van der Waals surface area contributed by atoms with Crippen molar-refractivity contribution < 1.29 is 44.2 Å². The maximum absolute atomic E-state index is 12.9. The van der Waals surface area contributed by atoms with Crippen LogP contribution in [0.2, 0.25) is 0 Å². The van der Waals surface area contributed by atoms with E-state index in [0.717, 1.165) is 38.5 Å². The zero-order chi connectivity index (χ0) is 53.5. The van der Waals surface area contributed by atoms with Gasteiger partial charge in [-0.15, -0.1) is 0 Å². The predicted molar refractivity (Wildman–Crippen MR) is 312 cm³/mol. The van der Waals surface area contributed by atoms with Gasteiger partial charge >= 0.3 is 5.97 Å². The van der Waals surface area contributed by atoms with E-state index in [4.69, 9.17) is 18.9 Å². The van der Waals surface area contributed by atoms with E-state index in [1.165, 1.54) is 250 Å². The molecule has 0 radical (unpaired) electrons. The van der Waals surface area contributed by atoms with Gasteiger partial charge in [0.1, 0.15) is 30.5 Å². The van der Waals surface area contributed by atoms with Crippen LogP contribution in [0.3, 0.4) is 0 Å². The van der Waals surface area contributed by atoms with Crippen molar-refractivity contribution in [3.05, 3.63) is 36.5 Å². The maximum Gasteiger partial charge on any atom is 0.306 e. The minimum Gasteiger partial charge on any atom is -0.457 e. The molecule has 1 heterocycles. The molecule has 0 spiro atoms. The van der Waals surface area contributed by atoms with Crippen LogP contribution < -0.4 is 0 Å². The number of rotatable bonds is 57. The average Bonchev–Trinajstić information content (AvgIpc) is 3.40. The molecule has 74 heavy (non-hydrogen) atoms. The lowest BCUT2D eigenvalue weighted by molar-refractivity contribution is -0.305. The molecule has 1 saturated heterocycles. The molecule has 1 fully saturated rings. The van der Waals surface area contributed by atoms with Gasteiger partial charge in [0.15, 0.2) is 6.29 Å². The Labute approximate surface area is 457 Å². The molecule has 1 aliphatic rings. The second kappa shape index (κ2) is 56.1. The summed E-state index contributed by atoms with van der Waals surface area (Å²) < 4.78 is 23.0. The summed E-state index contributed by atoms with van der Waals surface area (Å²) in [5.41, 5.74) is 0. The summed E-state index contributed by atoms with van der Waals surface area (Å²) in [4.78, 5) is 12.9. The third kappa shape index (κ3) is 45.4. The summed E-state index contributed by atoms with van der Waals surface area (Å²) in [6, 6.07) is 0. The largest absolute Gasteiger partial charge is 0.457 e. The van der Waals surface area contributed by atoms with Crippen LogP contribution in [-0.2, 0) is 23.7 Å². The molecule has 1 rings (SSSR count). The second-order valence-corrected chi connectivity index (χ2v) is 22.2. The van der Waals surface area contributed by atoms with Crippen molar-refractivity contribution in [1.82, 2.24) is 0 Å². The van der Waals surface area contributed by atoms with Crippen LogP contribution in [0.5, 0.6) is 0 Å². The first kappa shape index (κ1) is 70.4. The lowest BCUT2D eigenvalue weighted by Gasteiger charge is -2.39. The standard InChI is InChI=1S/C65H122O9/c1-3-5-7-9-11-13-15-17-19-21-23-25-27-29-31-33-35-37-39-41-43-45-47-49-51-53-55-71-57-59(58-72-65-64(70)63(69)62(68)60(56-66)74-65)73-61(67)54-52-50-48-46-44-42-40-38-36-34-32-30-28-26-24-22-20-18-16-14-12-10-8-6-4-2/h16,18,21-24,59-60,62-66,68-70H,3-15,17,19-20,25-58H2,1-2H3/b18-16-,23-21-,24-22-. The Kier molecular flexibility index (Phi) is 53.4. The van der Waals surface area contributed by atoms with Crippen molar-refractivity contribution in [3.8, 4) is 0 Å². The van der Waals surface area contributed by atoms with Gasteiger partial charge in [0, 0.05) is 13.0 Å².